The fraction of sp³-hybridized carbons (Fsp3) is 0.278. The number of benzene rings is 1. The summed E-state index contributed by atoms with van der Waals surface area (Å²) in [5.74, 6) is -1.44. The fourth-order valence-electron chi connectivity index (χ4n) is 3.00. The second-order valence-electron chi connectivity index (χ2n) is 5.81. The number of ether oxygens (including phenoxy) is 1. The maximum atomic E-state index is 12.6. The van der Waals surface area contributed by atoms with Crippen LogP contribution in [-0.4, -0.2) is 24.9 Å². The van der Waals surface area contributed by atoms with Crippen LogP contribution >= 0.6 is 11.3 Å². The Bertz CT molecular complexity index is 857. The molecule has 25 heavy (non-hydrogen) atoms. The number of nitrogens with one attached hydrogen (secondary N) is 1. The molecule has 0 saturated heterocycles. The van der Waals surface area contributed by atoms with E-state index in [4.69, 9.17) is 5.73 Å². The highest BCUT2D eigenvalue weighted by molar-refractivity contribution is 7.17. The van der Waals surface area contributed by atoms with Crippen LogP contribution in [0.25, 0.3) is 0 Å². The van der Waals surface area contributed by atoms with Crippen LogP contribution in [0.1, 0.15) is 54.4 Å². The first kappa shape index (κ1) is 17.2. The van der Waals surface area contributed by atoms with Gasteiger partial charge in [0.1, 0.15) is 5.00 Å². The normalized spacial score (nSPS) is 13.0. The number of nitrogens with two attached hydrogens (primary N) is 1. The summed E-state index contributed by atoms with van der Waals surface area (Å²) in [5.41, 5.74) is 7.51. The molecule has 1 aromatic carbocycles. The van der Waals surface area contributed by atoms with Crippen molar-refractivity contribution in [2.24, 2.45) is 5.73 Å². The van der Waals surface area contributed by atoms with E-state index in [0.717, 1.165) is 36.1 Å². The summed E-state index contributed by atoms with van der Waals surface area (Å²) in [5, 5.41) is 3.26. The van der Waals surface area contributed by atoms with Gasteiger partial charge in [0.05, 0.1) is 18.2 Å². The molecule has 2 aromatic rings. The zero-order chi connectivity index (χ0) is 18.0. The number of primary amides is 1. The number of amides is 2. The molecular formula is C18H18N2O4S. The van der Waals surface area contributed by atoms with Gasteiger partial charge < -0.3 is 15.8 Å². The molecule has 1 aromatic heterocycles. The molecule has 2 amide bonds. The van der Waals surface area contributed by atoms with Crippen molar-refractivity contribution in [1.29, 1.82) is 0 Å². The zero-order valence-corrected chi connectivity index (χ0v) is 14.6. The molecule has 0 bridgehead atoms. The number of fused-ring (bicyclic) bond motifs is 1. The van der Waals surface area contributed by atoms with E-state index in [0.29, 0.717) is 16.1 Å². The third kappa shape index (κ3) is 3.41. The monoisotopic (exact) mass is 358 g/mol. The summed E-state index contributed by atoms with van der Waals surface area (Å²) in [6, 6.07) is 6.23. The molecule has 130 valence electrons. The van der Waals surface area contributed by atoms with Crippen LogP contribution in [-0.2, 0) is 17.6 Å². The molecule has 0 radical (unpaired) electrons. The number of aryl methyl sites for hydroxylation is 1. The van der Waals surface area contributed by atoms with Crippen LogP contribution in [0, 0.1) is 0 Å². The van der Waals surface area contributed by atoms with Crippen molar-refractivity contribution in [3.63, 3.8) is 0 Å². The van der Waals surface area contributed by atoms with E-state index >= 15 is 0 Å². The number of thiophene rings is 1. The first-order valence-corrected chi connectivity index (χ1v) is 8.77. The fourth-order valence-corrected chi connectivity index (χ4v) is 4.28. The number of hydrogen-bond acceptors (Lipinski definition) is 5. The lowest BCUT2D eigenvalue weighted by atomic mass is 9.95. The van der Waals surface area contributed by atoms with E-state index in [2.05, 4.69) is 10.1 Å². The molecule has 0 spiro atoms. The highest BCUT2D eigenvalue weighted by Crippen LogP contribution is 2.38. The minimum Gasteiger partial charge on any atom is -0.465 e. The molecule has 0 unspecified atom stereocenters. The van der Waals surface area contributed by atoms with Crippen molar-refractivity contribution in [3.05, 3.63) is 51.4 Å². The Balaban J connectivity index is 1.90. The smallest absolute Gasteiger partial charge is 0.337 e. The Labute approximate surface area is 149 Å². The van der Waals surface area contributed by atoms with E-state index in [9.17, 15) is 14.4 Å². The molecule has 3 rings (SSSR count). The van der Waals surface area contributed by atoms with Crippen molar-refractivity contribution < 1.29 is 19.1 Å². The third-order valence-corrected chi connectivity index (χ3v) is 5.40. The van der Waals surface area contributed by atoms with Gasteiger partial charge in [-0.15, -0.1) is 11.3 Å². The Kier molecular flexibility index (Phi) is 4.85. The van der Waals surface area contributed by atoms with Crippen molar-refractivity contribution in [3.8, 4) is 0 Å². The van der Waals surface area contributed by atoms with Gasteiger partial charge in [-0.05, 0) is 49.4 Å². The largest absolute Gasteiger partial charge is 0.465 e. The maximum Gasteiger partial charge on any atom is 0.337 e. The first-order valence-electron chi connectivity index (χ1n) is 7.95. The highest BCUT2D eigenvalue weighted by Gasteiger charge is 2.25. The van der Waals surface area contributed by atoms with Crippen LogP contribution in [0.15, 0.2) is 24.3 Å². The Morgan fingerprint density at radius 1 is 1.16 bits per heavy atom. The topological polar surface area (TPSA) is 98.5 Å². The molecule has 1 aliphatic rings. The van der Waals surface area contributed by atoms with Gasteiger partial charge in [0, 0.05) is 10.4 Å². The number of carbonyl (C=O) groups is 3. The predicted molar refractivity (Wildman–Crippen MR) is 95.2 cm³/mol. The van der Waals surface area contributed by atoms with E-state index in [1.54, 1.807) is 18.2 Å². The number of esters is 1. The minimum absolute atomic E-state index is 0.288. The van der Waals surface area contributed by atoms with Crippen molar-refractivity contribution in [2.45, 2.75) is 25.7 Å². The van der Waals surface area contributed by atoms with Crippen LogP contribution in [0.2, 0.25) is 0 Å². The van der Waals surface area contributed by atoms with Crippen LogP contribution in [0.4, 0.5) is 5.00 Å². The average molecular weight is 358 g/mol. The second kappa shape index (κ2) is 7.06. The van der Waals surface area contributed by atoms with Gasteiger partial charge in [-0.2, -0.15) is 0 Å². The Hall–Kier alpha value is -2.67. The number of hydrogen-bond donors (Lipinski definition) is 2. The number of carbonyl (C=O) groups excluding carboxylic acids is 3. The van der Waals surface area contributed by atoms with Gasteiger partial charge in [-0.1, -0.05) is 6.07 Å². The van der Waals surface area contributed by atoms with Gasteiger partial charge in [0.25, 0.3) is 11.8 Å². The quantitative estimate of drug-likeness (QED) is 0.821. The Morgan fingerprint density at radius 3 is 2.60 bits per heavy atom. The van der Waals surface area contributed by atoms with Crippen LogP contribution < -0.4 is 11.1 Å². The van der Waals surface area contributed by atoms with E-state index in [1.165, 1.54) is 24.5 Å². The van der Waals surface area contributed by atoms with Gasteiger partial charge >= 0.3 is 5.97 Å². The third-order valence-electron chi connectivity index (χ3n) is 4.19. The lowest BCUT2D eigenvalue weighted by Crippen LogP contribution is -2.18. The van der Waals surface area contributed by atoms with Crippen molar-refractivity contribution >= 4 is 34.1 Å². The Morgan fingerprint density at radius 2 is 1.88 bits per heavy atom. The van der Waals surface area contributed by atoms with Gasteiger partial charge in [0.15, 0.2) is 0 Å². The summed E-state index contributed by atoms with van der Waals surface area (Å²) >= 11 is 1.40. The molecule has 6 nitrogen and oxygen atoms in total. The van der Waals surface area contributed by atoms with Gasteiger partial charge in [-0.25, -0.2) is 4.79 Å². The molecule has 1 heterocycles. The number of methoxy groups -OCH3 is 1. The molecule has 3 N–H and O–H groups in total. The summed E-state index contributed by atoms with van der Waals surface area (Å²) in [7, 11) is 1.28. The zero-order valence-electron chi connectivity index (χ0n) is 13.8. The van der Waals surface area contributed by atoms with E-state index in [-0.39, 0.29) is 5.56 Å². The molecular weight excluding hydrogens is 340 g/mol. The lowest BCUT2D eigenvalue weighted by molar-refractivity contribution is 0.0600. The van der Waals surface area contributed by atoms with Crippen LogP contribution in [0.3, 0.4) is 0 Å². The SMILES string of the molecule is COC(=O)c1cccc(C(=O)Nc2sc3c(c2C(N)=O)CCCC3)c1. The van der Waals surface area contributed by atoms with Crippen molar-refractivity contribution in [2.75, 3.05) is 12.4 Å². The molecule has 0 aliphatic heterocycles. The first-order chi connectivity index (χ1) is 12.0. The molecule has 0 atom stereocenters. The van der Waals surface area contributed by atoms with Crippen LogP contribution in [0.5, 0.6) is 0 Å². The van der Waals surface area contributed by atoms with Gasteiger partial charge in [-0.3, -0.25) is 9.59 Å². The summed E-state index contributed by atoms with van der Waals surface area (Å²) in [6.45, 7) is 0. The molecule has 0 saturated carbocycles. The second-order valence-corrected chi connectivity index (χ2v) is 6.91. The minimum atomic E-state index is -0.530. The molecule has 1 aliphatic carbocycles. The standard InChI is InChI=1S/C18H18N2O4S/c1-24-18(23)11-6-4-5-10(9-11)16(22)20-17-14(15(19)21)12-7-2-3-8-13(12)25-17/h4-6,9H,2-3,7-8H2,1H3,(H2,19,21)(H,20,22). The number of rotatable bonds is 4. The summed E-state index contributed by atoms with van der Waals surface area (Å²) < 4.78 is 4.67. The summed E-state index contributed by atoms with van der Waals surface area (Å²) in [4.78, 5) is 37.1. The molecule has 0 fully saturated rings. The van der Waals surface area contributed by atoms with Gasteiger partial charge in [0.2, 0.25) is 0 Å². The van der Waals surface area contributed by atoms with E-state index in [1.807, 2.05) is 0 Å². The lowest BCUT2D eigenvalue weighted by Gasteiger charge is -2.11. The highest BCUT2D eigenvalue weighted by atomic mass is 32.1. The van der Waals surface area contributed by atoms with E-state index < -0.39 is 17.8 Å². The van der Waals surface area contributed by atoms with Crippen molar-refractivity contribution in [1.82, 2.24) is 0 Å². The summed E-state index contributed by atoms with van der Waals surface area (Å²) in [6.07, 6.45) is 3.78. The molecule has 7 heteroatoms. The maximum absolute atomic E-state index is 12.6. The average Bonchev–Trinajstić information content (AvgIpc) is 2.99. The predicted octanol–water partition coefficient (Wildman–Crippen LogP) is 2.76. The number of anilines is 1.